The van der Waals surface area contributed by atoms with Crippen LogP contribution in [0.2, 0.25) is 0 Å². The normalized spacial score (nSPS) is 11.4. The monoisotopic (exact) mass is 259 g/mol. The Bertz CT molecular complexity index is 540. The summed E-state index contributed by atoms with van der Waals surface area (Å²) in [5.74, 6) is 0.855. The average molecular weight is 259 g/mol. The second-order valence-corrected chi connectivity index (χ2v) is 5.61. The Morgan fingerprint density at radius 1 is 1.32 bits per heavy atom. The maximum Gasteiger partial charge on any atom is 0.120 e. The van der Waals surface area contributed by atoms with Gasteiger partial charge in [0, 0.05) is 35.0 Å². The first kappa shape index (κ1) is 13.5. The van der Waals surface area contributed by atoms with Crippen LogP contribution in [0, 0.1) is 0 Å². The van der Waals surface area contributed by atoms with Gasteiger partial charge in [-0.1, -0.05) is 26.8 Å². The standard InChI is InChI=1S/C15H21N3O/c1-15(2,3)14-11(10-17-18-14)9-16-12-6-5-7-13(8-12)19-4/h5-8,10,16H,9H2,1-4H3,(H,17,18). The molecular formula is C15H21N3O. The van der Waals surface area contributed by atoms with Crippen molar-refractivity contribution in [1.82, 2.24) is 10.2 Å². The zero-order valence-electron chi connectivity index (χ0n) is 11.9. The maximum absolute atomic E-state index is 5.21. The summed E-state index contributed by atoms with van der Waals surface area (Å²) in [6, 6.07) is 7.92. The second kappa shape index (κ2) is 5.34. The molecule has 0 radical (unpaired) electrons. The van der Waals surface area contributed by atoms with Gasteiger partial charge in [-0.2, -0.15) is 5.10 Å². The number of aromatic amines is 1. The summed E-state index contributed by atoms with van der Waals surface area (Å²) in [6.45, 7) is 7.27. The smallest absolute Gasteiger partial charge is 0.120 e. The van der Waals surface area contributed by atoms with Gasteiger partial charge in [0.1, 0.15) is 5.75 Å². The molecule has 0 unspecified atom stereocenters. The Morgan fingerprint density at radius 3 is 2.79 bits per heavy atom. The van der Waals surface area contributed by atoms with Crippen LogP contribution in [0.15, 0.2) is 30.5 Å². The van der Waals surface area contributed by atoms with Gasteiger partial charge in [-0.3, -0.25) is 5.10 Å². The van der Waals surface area contributed by atoms with Gasteiger partial charge < -0.3 is 10.1 Å². The highest BCUT2D eigenvalue weighted by molar-refractivity contribution is 5.48. The van der Waals surface area contributed by atoms with E-state index >= 15 is 0 Å². The number of methoxy groups -OCH3 is 1. The van der Waals surface area contributed by atoms with Crippen LogP contribution >= 0.6 is 0 Å². The second-order valence-electron chi connectivity index (χ2n) is 5.61. The summed E-state index contributed by atoms with van der Waals surface area (Å²) in [7, 11) is 1.67. The van der Waals surface area contributed by atoms with E-state index in [0.717, 1.165) is 18.0 Å². The average Bonchev–Trinajstić information content (AvgIpc) is 2.85. The van der Waals surface area contributed by atoms with Crippen LogP contribution in [0.4, 0.5) is 5.69 Å². The van der Waals surface area contributed by atoms with Crippen LogP contribution in [0.25, 0.3) is 0 Å². The molecule has 0 atom stereocenters. The van der Waals surface area contributed by atoms with E-state index in [4.69, 9.17) is 4.74 Å². The molecule has 1 heterocycles. The molecule has 0 aliphatic carbocycles. The number of hydrogen-bond acceptors (Lipinski definition) is 3. The molecule has 2 rings (SSSR count). The van der Waals surface area contributed by atoms with Crippen molar-refractivity contribution in [2.75, 3.05) is 12.4 Å². The fraction of sp³-hybridized carbons (Fsp3) is 0.400. The Morgan fingerprint density at radius 2 is 2.11 bits per heavy atom. The first-order valence-electron chi connectivity index (χ1n) is 6.41. The molecular weight excluding hydrogens is 238 g/mol. The van der Waals surface area contributed by atoms with Gasteiger partial charge >= 0.3 is 0 Å². The number of aromatic nitrogens is 2. The largest absolute Gasteiger partial charge is 0.497 e. The summed E-state index contributed by atoms with van der Waals surface area (Å²) in [5.41, 5.74) is 3.47. The van der Waals surface area contributed by atoms with E-state index in [-0.39, 0.29) is 5.41 Å². The molecule has 0 amide bonds. The summed E-state index contributed by atoms with van der Waals surface area (Å²) >= 11 is 0. The third-order valence-electron chi connectivity index (χ3n) is 3.02. The van der Waals surface area contributed by atoms with Crippen molar-refractivity contribution in [1.29, 1.82) is 0 Å². The van der Waals surface area contributed by atoms with Crippen molar-refractivity contribution >= 4 is 5.69 Å². The first-order chi connectivity index (χ1) is 9.00. The van der Waals surface area contributed by atoms with Gasteiger partial charge in [0.2, 0.25) is 0 Å². The lowest BCUT2D eigenvalue weighted by atomic mass is 9.89. The lowest BCUT2D eigenvalue weighted by Gasteiger charge is -2.18. The molecule has 2 N–H and O–H groups in total. The molecule has 1 aromatic heterocycles. The zero-order chi connectivity index (χ0) is 13.9. The van der Waals surface area contributed by atoms with Crippen LogP contribution in [0.3, 0.4) is 0 Å². The topological polar surface area (TPSA) is 49.9 Å². The SMILES string of the molecule is COc1cccc(NCc2cn[nH]c2C(C)(C)C)c1. The molecule has 102 valence electrons. The Hall–Kier alpha value is -1.97. The van der Waals surface area contributed by atoms with Gasteiger partial charge in [-0.15, -0.1) is 0 Å². The predicted octanol–water partition coefficient (Wildman–Crippen LogP) is 3.33. The molecule has 19 heavy (non-hydrogen) atoms. The van der Waals surface area contributed by atoms with E-state index in [1.54, 1.807) is 7.11 Å². The first-order valence-corrected chi connectivity index (χ1v) is 6.41. The molecule has 1 aromatic carbocycles. The van der Waals surface area contributed by atoms with Crippen LogP contribution < -0.4 is 10.1 Å². The Balaban J connectivity index is 2.08. The quantitative estimate of drug-likeness (QED) is 0.885. The fourth-order valence-corrected chi connectivity index (χ4v) is 2.02. The lowest BCUT2D eigenvalue weighted by molar-refractivity contribution is 0.415. The van der Waals surface area contributed by atoms with Crippen molar-refractivity contribution in [3.8, 4) is 5.75 Å². The molecule has 4 nitrogen and oxygen atoms in total. The summed E-state index contributed by atoms with van der Waals surface area (Å²) in [4.78, 5) is 0. The van der Waals surface area contributed by atoms with Gasteiger partial charge in [-0.05, 0) is 12.1 Å². The van der Waals surface area contributed by atoms with Gasteiger partial charge in [0.25, 0.3) is 0 Å². The van der Waals surface area contributed by atoms with Gasteiger partial charge in [-0.25, -0.2) is 0 Å². The number of anilines is 1. The number of nitrogens with one attached hydrogen (secondary N) is 2. The minimum Gasteiger partial charge on any atom is -0.497 e. The highest BCUT2D eigenvalue weighted by Gasteiger charge is 2.19. The Kier molecular flexibility index (Phi) is 3.79. The van der Waals surface area contributed by atoms with Crippen LogP contribution in [0.5, 0.6) is 5.75 Å². The highest BCUT2D eigenvalue weighted by Crippen LogP contribution is 2.24. The Labute approximate surface area is 114 Å². The van der Waals surface area contributed by atoms with E-state index in [1.807, 2.05) is 30.5 Å². The summed E-state index contributed by atoms with van der Waals surface area (Å²) < 4.78 is 5.21. The molecule has 4 heteroatoms. The maximum atomic E-state index is 5.21. The number of hydrogen-bond donors (Lipinski definition) is 2. The number of H-pyrrole nitrogens is 1. The molecule has 0 spiro atoms. The van der Waals surface area contributed by atoms with Crippen molar-refractivity contribution in [3.05, 3.63) is 41.7 Å². The van der Waals surface area contributed by atoms with Crippen LogP contribution in [-0.4, -0.2) is 17.3 Å². The van der Waals surface area contributed by atoms with Gasteiger partial charge in [0.15, 0.2) is 0 Å². The van der Waals surface area contributed by atoms with E-state index in [9.17, 15) is 0 Å². The summed E-state index contributed by atoms with van der Waals surface area (Å²) in [5, 5.41) is 10.6. The van der Waals surface area contributed by atoms with Crippen molar-refractivity contribution < 1.29 is 4.74 Å². The minimum atomic E-state index is 0.0713. The van der Waals surface area contributed by atoms with E-state index in [0.29, 0.717) is 0 Å². The third kappa shape index (κ3) is 3.28. The predicted molar refractivity (Wildman–Crippen MR) is 77.6 cm³/mol. The number of benzene rings is 1. The molecule has 0 aliphatic heterocycles. The molecule has 0 saturated heterocycles. The van der Waals surface area contributed by atoms with Gasteiger partial charge in [0.05, 0.1) is 13.3 Å². The van der Waals surface area contributed by atoms with Crippen molar-refractivity contribution in [2.24, 2.45) is 0 Å². The molecule has 2 aromatic rings. The van der Waals surface area contributed by atoms with Crippen molar-refractivity contribution in [2.45, 2.75) is 32.7 Å². The number of ether oxygens (including phenoxy) is 1. The van der Waals surface area contributed by atoms with E-state index < -0.39 is 0 Å². The highest BCUT2D eigenvalue weighted by atomic mass is 16.5. The van der Waals surface area contributed by atoms with Crippen LogP contribution in [0.1, 0.15) is 32.0 Å². The summed E-state index contributed by atoms with van der Waals surface area (Å²) in [6.07, 6.45) is 1.88. The molecule has 0 bridgehead atoms. The molecule has 0 saturated carbocycles. The van der Waals surface area contributed by atoms with Crippen LogP contribution in [-0.2, 0) is 12.0 Å². The minimum absolute atomic E-state index is 0.0713. The molecule has 0 aliphatic rings. The van der Waals surface area contributed by atoms with E-state index in [1.165, 1.54) is 11.3 Å². The fourth-order valence-electron chi connectivity index (χ4n) is 2.02. The number of rotatable bonds is 4. The lowest BCUT2D eigenvalue weighted by Crippen LogP contribution is -2.15. The van der Waals surface area contributed by atoms with E-state index in [2.05, 4.69) is 36.3 Å². The zero-order valence-corrected chi connectivity index (χ0v) is 11.9. The third-order valence-corrected chi connectivity index (χ3v) is 3.02. The molecule has 0 fully saturated rings. The van der Waals surface area contributed by atoms with Crippen molar-refractivity contribution in [3.63, 3.8) is 0 Å². The number of nitrogens with zero attached hydrogens (tertiary/aromatic N) is 1.